The Balaban J connectivity index is 2.03. The smallest absolute Gasteiger partial charge is 0.305 e. The van der Waals surface area contributed by atoms with E-state index in [0.717, 1.165) is 16.8 Å². The Morgan fingerprint density at radius 3 is 2.16 bits per heavy atom. The minimum Gasteiger partial charge on any atom is -0.406 e. The van der Waals surface area contributed by atoms with E-state index in [0.29, 0.717) is 12.3 Å². The van der Waals surface area contributed by atoms with E-state index in [9.17, 15) is 4.79 Å². The van der Waals surface area contributed by atoms with Gasteiger partial charge in [-0.05, 0) is 5.56 Å². The number of nitrogens with zero attached hydrogens (tertiary/aromatic N) is 2. The predicted molar refractivity (Wildman–Crippen MR) is 99.4 cm³/mol. The molecule has 4 heteroatoms. The number of hydrogen-bond donors (Lipinski definition) is 0. The molecule has 2 aromatic carbocycles. The van der Waals surface area contributed by atoms with E-state index < -0.39 is 0 Å². The van der Waals surface area contributed by atoms with Crippen LogP contribution < -0.4 is 10.4 Å². The maximum atomic E-state index is 12.8. The summed E-state index contributed by atoms with van der Waals surface area (Å²) in [6, 6.07) is 19.6. The molecular formula is C21H22N2O2. The highest BCUT2D eigenvalue weighted by Gasteiger charge is 2.23. The second-order valence-corrected chi connectivity index (χ2v) is 6.98. The van der Waals surface area contributed by atoms with Crippen molar-refractivity contribution < 1.29 is 4.84 Å². The summed E-state index contributed by atoms with van der Waals surface area (Å²) in [5, 5.41) is 0. The number of benzene rings is 2. The Hall–Kier alpha value is -2.88. The first-order chi connectivity index (χ1) is 11.9. The molecule has 0 fully saturated rings. The molecule has 4 nitrogen and oxygen atoms in total. The van der Waals surface area contributed by atoms with Crippen molar-refractivity contribution in [2.24, 2.45) is 0 Å². The van der Waals surface area contributed by atoms with Gasteiger partial charge < -0.3 is 4.84 Å². The van der Waals surface area contributed by atoms with Crippen LogP contribution in [0, 0.1) is 0 Å². The topological polar surface area (TPSA) is 44.1 Å². The largest absolute Gasteiger partial charge is 0.406 e. The Morgan fingerprint density at radius 1 is 0.960 bits per heavy atom. The summed E-state index contributed by atoms with van der Waals surface area (Å²) < 4.78 is 1.31. The molecule has 3 rings (SSSR count). The van der Waals surface area contributed by atoms with Crippen LogP contribution in [-0.2, 0) is 12.0 Å². The van der Waals surface area contributed by atoms with Gasteiger partial charge >= 0.3 is 5.56 Å². The summed E-state index contributed by atoms with van der Waals surface area (Å²) in [7, 11) is 0. The Morgan fingerprint density at radius 2 is 1.56 bits per heavy atom. The molecule has 0 spiro atoms. The number of rotatable bonds is 4. The highest BCUT2D eigenvalue weighted by molar-refractivity contribution is 5.58. The maximum absolute atomic E-state index is 12.8. The normalized spacial score (nSPS) is 11.3. The molecule has 0 N–H and O–H groups in total. The second-order valence-electron chi connectivity index (χ2n) is 6.98. The third-order valence-corrected chi connectivity index (χ3v) is 3.87. The summed E-state index contributed by atoms with van der Waals surface area (Å²) in [6.45, 7) is 6.26. The predicted octanol–water partition coefficient (Wildman–Crippen LogP) is 3.84. The van der Waals surface area contributed by atoms with Crippen molar-refractivity contribution in [3.05, 3.63) is 88.5 Å². The van der Waals surface area contributed by atoms with Crippen molar-refractivity contribution in [1.29, 1.82) is 0 Å². The van der Waals surface area contributed by atoms with Crippen LogP contribution in [0.25, 0.3) is 11.3 Å². The average molecular weight is 334 g/mol. The van der Waals surface area contributed by atoms with Crippen LogP contribution in [0.2, 0.25) is 0 Å². The molecule has 3 aromatic rings. The highest BCUT2D eigenvalue weighted by atomic mass is 16.7. The SMILES string of the molecule is CC(C)(C)c1nc(-c2ccccc2)cn(OCc2ccccc2)c1=O. The molecule has 0 bridgehead atoms. The molecule has 1 aromatic heterocycles. The van der Waals surface area contributed by atoms with Gasteiger partial charge in [0.15, 0.2) is 0 Å². The molecular weight excluding hydrogens is 312 g/mol. The average Bonchev–Trinajstić information content (AvgIpc) is 2.61. The van der Waals surface area contributed by atoms with E-state index in [1.165, 1.54) is 4.73 Å². The molecule has 0 saturated carbocycles. The van der Waals surface area contributed by atoms with Crippen LogP contribution in [0.1, 0.15) is 32.0 Å². The second kappa shape index (κ2) is 6.93. The van der Waals surface area contributed by atoms with E-state index >= 15 is 0 Å². The van der Waals surface area contributed by atoms with Crippen LogP contribution in [0.3, 0.4) is 0 Å². The van der Waals surface area contributed by atoms with Crippen LogP contribution in [0.15, 0.2) is 71.7 Å². The summed E-state index contributed by atoms with van der Waals surface area (Å²) in [6.07, 6.45) is 1.66. The lowest BCUT2D eigenvalue weighted by Gasteiger charge is -2.20. The lowest BCUT2D eigenvalue weighted by atomic mass is 9.92. The van der Waals surface area contributed by atoms with Crippen molar-refractivity contribution in [2.45, 2.75) is 32.8 Å². The van der Waals surface area contributed by atoms with Gasteiger partial charge in [-0.15, -0.1) is 4.73 Å². The third-order valence-electron chi connectivity index (χ3n) is 3.87. The van der Waals surface area contributed by atoms with Gasteiger partial charge in [0, 0.05) is 11.0 Å². The first-order valence-corrected chi connectivity index (χ1v) is 8.32. The van der Waals surface area contributed by atoms with Crippen LogP contribution in [0.5, 0.6) is 0 Å². The van der Waals surface area contributed by atoms with Gasteiger partial charge in [-0.1, -0.05) is 81.4 Å². The molecule has 0 aliphatic heterocycles. The molecule has 0 unspecified atom stereocenters. The minimum atomic E-state index is -0.375. The molecule has 1 heterocycles. The first kappa shape index (κ1) is 17.0. The van der Waals surface area contributed by atoms with Crippen molar-refractivity contribution in [2.75, 3.05) is 0 Å². The molecule has 0 saturated heterocycles. The van der Waals surface area contributed by atoms with Gasteiger partial charge in [0.25, 0.3) is 0 Å². The standard InChI is InChI=1S/C21H22N2O2/c1-21(2,3)19-20(24)23(25-15-16-10-6-4-7-11-16)14-18(22-19)17-12-8-5-9-13-17/h4-14H,15H2,1-3H3. The molecule has 0 radical (unpaired) electrons. The number of hydrogen-bond acceptors (Lipinski definition) is 3. The summed E-state index contributed by atoms with van der Waals surface area (Å²) >= 11 is 0. The molecule has 0 amide bonds. The minimum absolute atomic E-state index is 0.219. The van der Waals surface area contributed by atoms with Gasteiger partial charge in [0.2, 0.25) is 0 Å². The Kier molecular flexibility index (Phi) is 4.70. The lowest BCUT2D eigenvalue weighted by molar-refractivity contribution is 0.0872. The summed E-state index contributed by atoms with van der Waals surface area (Å²) in [4.78, 5) is 23.2. The van der Waals surface area contributed by atoms with Crippen LogP contribution in [-0.4, -0.2) is 9.71 Å². The highest BCUT2D eigenvalue weighted by Crippen LogP contribution is 2.21. The lowest BCUT2D eigenvalue weighted by Crippen LogP contribution is -2.35. The fourth-order valence-corrected chi connectivity index (χ4v) is 2.52. The molecule has 25 heavy (non-hydrogen) atoms. The fourth-order valence-electron chi connectivity index (χ4n) is 2.52. The zero-order valence-corrected chi connectivity index (χ0v) is 14.8. The zero-order chi connectivity index (χ0) is 17.9. The van der Waals surface area contributed by atoms with E-state index in [1.54, 1.807) is 6.20 Å². The van der Waals surface area contributed by atoms with E-state index in [4.69, 9.17) is 4.84 Å². The molecule has 0 aliphatic rings. The van der Waals surface area contributed by atoms with Gasteiger partial charge in [0.05, 0.1) is 11.9 Å². The molecule has 0 atom stereocenters. The monoisotopic (exact) mass is 334 g/mol. The Labute approximate surface area is 147 Å². The van der Waals surface area contributed by atoms with Crippen molar-refractivity contribution >= 4 is 0 Å². The fraction of sp³-hybridized carbons (Fsp3) is 0.238. The maximum Gasteiger partial charge on any atom is 0.305 e. The van der Waals surface area contributed by atoms with Crippen molar-refractivity contribution in [3.63, 3.8) is 0 Å². The van der Waals surface area contributed by atoms with Gasteiger partial charge in [0.1, 0.15) is 12.3 Å². The Bertz CT molecular complexity index is 895. The summed E-state index contributed by atoms with van der Waals surface area (Å²) in [5.41, 5.74) is 2.57. The summed E-state index contributed by atoms with van der Waals surface area (Å²) in [5.74, 6) is 0. The van der Waals surface area contributed by atoms with E-state index in [1.807, 2.05) is 81.4 Å². The molecule has 0 aliphatic carbocycles. The molecule has 128 valence electrons. The van der Waals surface area contributed by atoms with Crippen LogP contribution >= 0.6 is 0 Å². The zero-order valence-electron chi connectivity index (χ0n) is 14.8. The number of aromatic nitrogens is 2. The van der Waals surface area contributed by atoms with Crippen molar-refractivity contribution in [3.8, 4) is 11.3 Å². The van der Waals surface area contributed by atoms with E-state index in [-0.39, 0.29) is 11.0 Å². The van der Waals surface area contributed by atoms with Crippen LogP contribution in [0.4, 0.5) is 0 Å². The van der Waals surface area contributed by atoms with E-state index in [2.05, 4.69) is 4.98 Å². The third kappa shape index (κ3) is 3.97. The first-order valence-electron chi connectivity index (χ1n) is 8.32. The van der Waals surface area contributed by atoms with Gasteiger partial charge in [-0.2, -0.15) is 0 Å². The van der Waals surface area contributed by atoms with Gasteiger partial charge in [-0.3, -0.25) is 4.79 Å². The van der Waals surface area contributed by atoms with Gasteiger partial charge in [-0.25, -0.2) is 4.98 Å². The van der Waals surface area contributed by atoms with Crippen molar-refractivity contribution in [1.82, 2.24) is 9.71 Å². The quantitative estimate of drug-likeness (QED) is 0.728.